The third-order valence-electron chi connectivity index (χ3n) is 9.30. The quantitative estimate of drug-likeness (QED) is 0.131. The van der Waals surface area contributed by atoms with E-state index in [0.29, 0.717) is 80.3 Å². The lowest BCUT2D eigenvalue weighted by atomic mass is 9.97. The van der Waals surface area contributed by atoms with E-state index >= 15 is 0 Å². The van der Waals surface area contributed by atoms with Gasteiger partial charge in [0.05, 0.1) is 41.9 Å². The summed E-state index contributed by atoms with van der Waals surface area (Å²) in [6, 6.07) is 17.1. The molecule has 2 atom stereocenters. The van der Waals surface area contributed by atoms with Gasteiger partial charge in [0.15, 0.2) is 0 Å². The van der Waals surface area contributed by atoms with E-state index in [0.717, 1.165) is 12.0 Å². The van der Waals surface area contributed by atoms with Crippen LogP contribution in [0.4, 0.5) is 0 Å². The van der Waals surface area contributed by atoms with Crippen LogP contribution in [0.15, 0.2) is 65.6 Å². The number of nitrogens with one attached hydrogen (secondary N) is 3. The first-order valence-corrected chi connectivity index (χ1v) is 18.0. The molecule has 4 N–H and O–H groups in total. The molecular weight excluding hydrogens is 719 g/mol. The minimum Gasteiger partial charge on any atom is -0.481 e. The molecule has 4 heterocycles. The average molecular weight is 762 g/mol. The summed E-state index contributed by atoms with van der Waals surface area (Å²) in [5.41, 5.74) is 5.14. The fraction of sp³-hybridized carbons (Fsp3) is 0.342. The predicted octanol–water partition coefficient (Wildman–Crippen LogP) is 4.04. The lowest BCUT2D eigenvalue weighted by Gasteiger charge is -2.15. The highest BCUT2D eigenvalue weighted by atomic mass is 35.5. The number of amides is 2. The van der Waals surface area contributed by atoms with Crippen molar-refractivity contribution in [2.24, 2.45) is 7.05 Å². The van der Waals surface area contributed by atoms with Gasteiger partial charge < -0.3 is 30.7 Å². The largest absolute Gasteiger partial charge is 0.481 e. The molecule has 5 aromatic rings. The number of carbonyl (C=O) groups excluding carboxylic acids is 2. The van der Waals surface area contributed by atoms with Crippen molar-refractivity contribution in [3.63, 3.8) is 0 Å². The smallest absolute Gasteiger partial charge is 0.277 e. The normalized spacial score (nSPS) is 14.8. The molecule has 53 heavy (non-hydrogen) atoms. The Bertz CT molecular complexity index is 2220. The number of halogens is 2. The summed E-state index contributed by atoms with van der Waals surface area (Å²) in [6.07, 6.45) is 2.24. The van der Waals surface area contributed by atoms with Gasteiger partial charge in [0.1, 0.15) is 11.3 Å². The molecule has 3 aromatic heterocycles. The Morgan fingerprint density at radius 1 is 1.04 bits per heavy atom. The molecule has 2 aromatic carbocycles. The van der Waals surface area contributed by atoms with Gasteiger partial charge in [-0.1, -0.05) is 65.7 Å². The van der Waals surface area contributed by atoms with Crippen LogP contribution < -0.4 is 26.2 Å². The second-order valence-electron chi connectivity index (χ2n) is 13.2. The molecule has 6 rings (SSSR count). The highest BCUT2D eigenvalue weighted by molar-refractivity contribution is 6.39. The average Bonchev–Trinajstić information content (AvgIpc) is 3.76. The van der Waals surface area contributed by atoms with Crippen molar-refractivity contribution in [2.45, 2.75) is 44.5 Å². The molecule has 2 amide bonds. The molecule has 278 valence electrons. The number of pyridine rings is 1. The van der Waals surface area contributed by atoms with Crippen molar-refractivity contribution in [3.05, 3.63) is 92.6 Å². The fourth-order valence-corrected chi connectivity index (χ4v) is 6.99. The van der Waals surface area contributed by atoms with E-state index in [1.54, 1.807) is 40.5 Å². The third-order valence-corrected chi connectivity index (χ3v) is 10.1. The Balaban J connectivity index is 1.22. The van der Waals surface area contributed by atoms with E-state index in [1.165, 1.54) is 14.0 Å². The Morgan fingerprint density at radius 3 is 2.42 bits per heavy atom. The number of carbonyl (C=O) groups is 2. The molecule has 0 spiro atoms. The summed E-state index contributed by atoms with van der Waals surface area (Å²) < 4.78 is 8.62. The second-order valence-corrected chi connectivity index (χ2v) is 14.0. The molecule has 0 bridgehead atoms. The zero-order valence-corrected chi connectivity index (χ0v) is 31.5. The van der Waals surface area contributed by atoms with Gasteiger partial charge >= 0.3 is 0 Å². The summed E-state index contributed by atoms with van der Waals surface area (Å²) in [5.74, 6) is 0.832. The first-order chi connectivity index (χ1) is 25.4. The monoisotopic (exact) mass is 760 g/mol. The van der Waals surface area contributed by atoms with E-state index in [2.05, 4.69) is 21.0 Å². The SMILES string of the molecule is COc1nc(-c2cccc(-c3cccc(-c4cc5c(=O)n(C)c(CNCC(O)CC(=O)N(C)C)nn5c4)c3Cl)c2Cl)ccc1CNCC1CCC(=O)N1. The van der Waals surface area contributed by atoms with Crippen LogP contribution >= 0.6 is 23.2 Å². The minimum absolute atomic E-state index is 0.0108. The lowest BCUT2D eigenvalue weighted by molar-refractivity contribution is -0.130. The number of aliphatic hydroxyl groups is 1. The van der Waals surface area contributed by atoms with Crippen molar-refractivity contribution in [3.8, 4) is 39.4 Å². The number of fused-ring (bicyclic) bond motifs is 1. The van der Waals surface area contributed by atoms with Crippen LogP contribution in [0.25, 0.3) is 39.0 Å². The molecule has 1 saturated heterocycles. The summed E-state index contributed by atoms with van der Waals surface area (Å²) in [5, 5.41) is 25.2. The Hall–Kier alpha value is -4.79. The fourth-order valence-electron chi connectivity index (χ4n) is 6.33. The number of methoxy groups -OCH3 is 1. The molecular formula is C38H42Cl2N8O5. The van der Waals surface area contributed by atoms with Crippen molar-refractivity contribution >= 4 is 40.5 Å². The highest BCUT2D eigenvalue weighted by Crippen LogP contribution is 2.42. The van der Waals surface area contributed by atoms with Gasteiger partial charge in [0, 0.05) is 92.8 Å². The van der Waals surface area contributed by atoms with E-state index < -0.39 is 6.10 Å². The zero-order chi connectivity index (χ0) is 37.8. The summed E-state index contributed by atoms with van der Waals surface area (Å²) >= 11 is 14.2. The van der Waals surface area contributed by atoms with Gasteiger partial charge in [-0.2, -0.15) is 5.10 Å². The van der Waals surface area contributed by atoms with E-state index in [4.69, 9.17) is 32.9 Å². The predicted molar refractivity (Wildman–Crippen MR) is 205 cm³/mol. The molecule has 0 radical (unpaired) electrons. The molecule has 15 heteroatoms. The van der Waals surface area contributed by atoms with Crippen LogP contribution in [0.2, 0.25) is 10.0 Å². The van der Waals surface area contributed by atoms with Crippen LogP contribution in [0.1, 0.15) is 30.7 Å². The molecule has 1 aliphatic heterocycles. The van der Waals surface area contributed by atoms with Crippen LogP contribution in [0.5, 0.6) is 5.88 Å². The Kier molecular flexibility index (Phi) is 11.8. The van der Waals surface area contributed by atoms with Gasteiger partial charge in [-0.15, -0.1) is 0 Å². The maximum Gasteiger partial charge on any atom is 0.277 e. The Labute approximate surface area is 316 Å². The summed E-state index contributed by atoms with van der Waals surface area (Å²) in [4.78, 5) is 43.0. The maximum absolute atomic E-state index is 13.4. The first kappa shape index (κ1) is 38.0. The van der Waals surface area contributed by atoms with E-state index in [1.807, 2.05) is 48.5 Å². The van der Waals surface area contributed by atoms with Gasteiger partial charge in [0.25, 0.3) is 5.56 Å². The third kappa shape index (κ3) is 8.40. The van der Waals surface area contributed by atoms with Gasteiger partial charge in [0.2, 0.25) is 17.7 Å². The summed E-state index contributed by atoms with van der Waals surface area (Å²) in [7, 11) is 6.49. The number of hydrogen-bond donors (Lipinski definition) is 4. The molecule has 13 nitrogen and oxygen atoms in total. The zero-order valence-electron chi connectivity index (χ0n) is 30.0. The van der Waals surface area contributed by atoms with Crippen molar-refractivity contribution in [1.29, 1.82) is 0 Å². The number of rotatable bonds is 14. The van der Waals surface area contributed by atoms with E-state index in [-0.39, 0.29) is 42.9 Å². The maximum atomic E-state index is 13.4. The second kappa shape index (κ2) is 16.5. The van der Waals surface area contributed by atoms with Crippen molar-refractivity contribution in [1.82, 2.24) is 40.0 Å². The molecule has 0 aliphatic carbocycles. The molecule has 0 saturated carbocycles. The molecule has 2 unspecified atom stereocenters. The number of benzene rings is 2. The number of aliphatic hydroxyl groups excluding tert-OH is 1. The molecule has 1 fully saturated rings. The lowest BCUT2D eigenvalue weighted by Crippen LogP contribution is -2.35. The minimum atomic E-state index is -0.876. The molecule has 1 aliphatic rings. The van der Waals surface area contributed by atoms with Gasteiger partial charge in [-0.25, -0.2) is 9.50 Å². The number of aromatic nitrogens is 4. The highest BCUT2D eigenvalue weighted by Gasteiger charge is 2.22. The van der Waals surface area contributed by atoms with E-state index in [9.17, 15) is 19.5 Å². The van der Waals surface area contributed by atoms with Crippen molar-refractivity contribution in [2.75, 3.05) is 34.3 Å². The van der Waals surface area contributed by atoms with Gasteiger partial charge in [-0.05, 0) is 18.6 Å². The van der Waals surface area contributed by atoms with Crippen molar-refractivity contribution < 1.29 is 19.4 Å². The van der Waals surface area contributed by atoms with Crippen LogP contribution in [-0.4, -0.2) is 87.4 Å². The topological polar surface area (TPSA) is 155 Å². The van der Waals surface area contributed by atoms with Gasteiger partial charge in [-0.3, -0.25) is 19.0 Å². The standard InChI is InChI=1S/C38H42Cl2N8O5/c1-46(2)34(51)16-25(49)19-42-20-32-45-48-21-23(15-31(48)38(52)47(32)3)26-7-5-8-27(35(26)39)28-9-6-10-29(36(28)40)30-13-11-22(37(44-30)53-4)17-41-18-24-12-14-33(50)43-24/h5-11,13,15,21,24-25,41-42,49H,12,14,16-20H2,1-4H3,(H,43,50). The first-order valence-electron chi connectivity index (χ1n) is 17.2. The number of ether oxygens (including phenoxy) is 1. The van der Waals surface area contributed by atoms with Crippen LogP contribution in [0, 0.1) is 0 Å². The number of nitrogens with zero attached hydrogens (tertiary/aromatic N) is 5. The summed E-state index contributed by atoms with van der Waals surface area (Å²) in [6.45, 7) is 1.55. The van der Waals surface area contributed by atoms with Crippen LogP contribution in [-0.2, 0) is 29.7 Å². The van der Waals surface area contributed by atoms with Crippen LogP contribution in [0.3, 0.4) is 0 Å². The Morgan fingerprint density at radius 2 is 1.74 bits per heavy atom. The number of hydrogen-bond acceptors (Lipinski definition) is 9.